The van der Waals surface area contributed by atoms with E-state index in [1.165, 1.54) is 0 Å². The van der Waals surface area contributed by atoms with Gasteiger partial charge in [0.2, 0.25) is 0 Å². The van der Waals surface area contributed by atoms with Crippen LogP contribution in [0.4, 0.5) is 4.79 Å². The first-order chi connectivity index (χ1) is 11.2. The molecule has 0 aromatic heterocycles. The maximum Gasteiger partial charge on any atom is 0.410 e. The quantitative estimate of drug-likeness (QED) is 0.774. The average molecular weight is 354 g/mol. The number of esters is 1. The molecule has 0 N–H and O–H groups in total. The Bertz CT molecular complexity index is 611. The number of hydrogen-bond acceptors (Lipinski definition) is 4. The van der Waals surface area contributed by atoms with Crippen LogP contribution in [0, 0.1) is 5.92 Å². The summed E-state index contributed by atoms with van der Waals surface area (Å²) in [5, 5.41) is 0.586. The van der Waals surface area contributed by atoms with Crippen LogP contribution in [0.2, 0.25) is 5.02 Å². The maximum atomic E-state index is 12.4. The summed E-state index contributed by atoms with van der Waals surface area (Å²) in [6.07, 6.45) is -0.425. The van der Waals surface area contributed by atoms with Crippen molar-refractivity contribution >= 4 is 23.7 Å². The Morgan fingerprint density at radius 3 is 2.50 bits per heavy atom. The van der Waals surface area contributed by atoms with Crippen molar-refractivity contribution in [2.75, 3.05) is 19.7 Å². The van der Waals surface area contributed by atoms with Gasteiger partial charge in [-0.25, -0.2) is 4.79 Å². The predicted octanol–water partition coefficient (Wildman–Crippen LogP) is 3.85. The SMILES string of the molecule is CCOC(=O)C1CN(C(=O)OC(C)(C)C)CC1c1ccccc1Cl. The molecule has 0 saturated carbocycles. The molecule has 1 fully saturated rings. The molecule has 2 unspecified atom stereocenters. The fraction of sp³-hybridized carbons (Fsp3) is 0.556. The van der Waals surface area contributed by atoms with Gasteiger partial charge in [0.05, 0.1) is 12.5 Å². The zero-order valence-corrected chi connectivity index (χ0v) is 15.3. The van der Waals surface area contributed by atoms with Gasteiger partial charge in [-0.15, -0.1) is 0 Å². The zero-order valence-electron chi connectivity index (χ0n) is 14.5. The van der Waals surface area contributed by atoms with Gasteiger partial charge >= 0.3 is 12.1 Å². The largest absolute Gasteiger partial charge is 0.466 e. The van der Waals surface area contributed by atoms with Gasteiger partial charge in [0.1, 0.15) is 5.60 Å². The van der Waals surface area contributed by atoms with Gasteiger partial charge in [0.25, 0.3) is 0 Å². The van der Waals surface area contributed by atoms with Crippen LogP contribution >= 0.6 is 11.6 Å². The first-order valence-corrected chi connectivity index (χ1v) is 8.49. The molecular weight excluding hydrogens is 330 g/mol. The Morgan fingerprint density at radius 2 is 1.92 bits per heavy atom. The molecule has 6 heteroatoms. The van der Waals surface area contributed by atoms with E-state index in [9.17, 15) is 9.59 Å². The van der Waals surface area contributed by atoms with E-state index in [4.69, 9.17) is 21.1 Å². The second-order valence-corrected chi connectivity index (χ2v) is 7.28. The summed E-state index contributed by atoms with van der Waals surface area (Å²) in [5.74, 6) is -0.962. The van der Waals surface area contributed by atoms with Gasteiger partial charge in [-0.3, -0.25) is 4.79 Å². The predicted molar refractivity (Wildman–Crippen MR) is 92.1 cm³/mol. The Kier molecular flexibility index (Phi) is 5.75. The zero-order chi connectivity index (χ0) is 17.9. The lowest BCUT2D eigenvalue weighted by Gasteiger charge is -2.24. The van der Waals surface area contributed by atoms with Crippen LogP contribution in [0.25, 0.3) is 0 Å². The number of rotatable bonds is 3. The van der Waals surface area contributed by atoms with Crippen molar-refractivity contribution in [1.82, 2.24) is 4.90 Å². The molecule has 24 heavy (non-hydrogen) atoms. The van der Waals surface area contributed by atoms with E-state index in [2.05, 4.69) is 0 Å². The lowest BCUT2D eigenvalue weighted by Crippen LogP contribution is -2.36. The maximum absolute atomic E-state index is 12.4. The molecule has 132 valence electrons. The van der Waals surface area contributed by atoms with E-state index in [0.717, 1.165) is 5.56 Å². The topological polar surface area (TPSA) is 55.8 Å². The van der Waals surface area contributed by atoms with Crippen molar-refractivity contribution < 1.29 is 19.1 Å². The molecule has 1 aliphatic heterocycles. The third-order valence-electron chi connectivity index (χ3n) is 3.87. The van der Waals surface area contributed by atoms with Crippen LogP contribution in [0.1, 0.15) is 39.2 Å². The van der Waals surface area contributed by atoms with Crippen molar-refractivity contribution in [3.8, 4) is 0 Å². The molecule has 1 saturated heterocycles. The number of ether oxygens (including phenoxy) is 2. The van der Waals surface area contributed by atoms with E-state index in [-0.39, 0.29) is 18.4 Å². The molecule has 2 rings (SSSR count). The molecule has 0 bridgehead atoms. The van der Waals surface area contributed by atoms with Crippen molar-refractivity contribution in [3.63, 3.8) is 0 Å². The molecule has 0 radical (unpaired) electrons. The average Bonchev–Trinajstić information content (AvgIpc) is 2.91. The summed E-state index contributed by atoms with van der Waals surface area (Å²) in [4.78, 5) is 26.3. The molecule has 1 aromatic rings. The number of nitrogens with zero attached hydrogens (tertiary/aromatic N) is 1. The van der Waals surface area contributed by atoms with Gasteiger partial charge in [0, 0.05) is 24.0 Å². The van der Waals surface area contributed by atoms with Crippen molar-refractivity contribution in [2.45, 2.75) is 39.2 Å². The van der Waals surface area contributed by atoms with E-state index in [1.807, 2.05) is 39.0 Å². The van der Waals surface area contributed by atoms with E-state index in [1.54, 1.807) is 17.9 Å². The lowest BCUT2D eigenvalue weighted by atomic mass is 9.89. The van der Waals surface area contributed by atoms with Crippen molar-refractivity contribution in [3.05, 3.63) is 34.9 Å². The highest BCUT2D eigenvalue weighted by Gasteiger charge is 2.43. The molecular formula is C18H24ClNO4. The fourth-order valence-corrected chi connectivity index (χ4v) is 3.13. The van der Waals surface area contributed by atoms with E-state index in [0.29, 0.717) is 18.2 Å². The minimum atomic E-state index is -0.584. The van der Waals surface area contributed by atoms with E-state index < -0.39 is 17.6 Å². The third kappa shape index (κ3) is 4.41. The molecule has 1 amide bonds. The third-order valence-corrected chi connectivity index (χ3v) is 4.21. The van der Waals surface area contributed by atoms with Gasteiger partial charge in [-0.2, -0.15) is 0 Å². The summed E-state index contributed by atoms with van der Waals surface area (Å²) < 4.78 is 10.6. The summed E-state index contributed by atoms with van der Waals surface area (Å²) in [6, 6.07) is 7.39. The number of halogens is 1. The smallest absolute Gasteiger partial charge is 0.410 e. The van der Waals surface area contributed by atoms with Gasteiger partial charge in [-0.05, 0) is 39.3 Å². The normalized spacial score (nSPS) is 20.8. The van der Waals surface area contributed by atoms with E-state index >= 15 is 0 Å². The van der Waals surface area contributed by atoms with Crippen LogP contribution in [0.15, 0.2) is 24.3 Å². The van der Waals surface area contributed by atoms with Crippen molar-refractivity contribution in [1.29, 1.82) is 0 Å². The van der Waals surface area contributed by atoms with Crippen molar-refractivity contribution in [2.24, 2.45) is 5.92 Å². The van der Waals surface area contributed by atoms with Gasteiger partial charge < -0.3 is 14.4 Å². The summed E-state index contributed by atoms with van der Waals surface area (Å²) >= 11 is 6.30. The van der Waals surface area contributed by atoms with Crippen LogP contribution in [-0.4, -0.2) is 42.3 Å². The monoisotopic (exact) mass is 353 g/mol. The van der Waals surface area contributed by atoms with Crippen LogP contribution in [0.3, 0.4) is 0 Å². The number of benzene rings is 1. The summed E-state index contributed by atoms with van der Waals surface area (Å²) in [7, 11) is 0. The molecule has 1 aliphatic rings. The highest BCUT2D eigenvalue weighted by atomic mass is 35.5. The second-order valence-electron chi connectivity index (χ2n) is 6.87. The molecule has 1 aromatic carbocycles. The Balaban J connectivity index is 2.25. The van der Waals surface area contributed by atoms with Crippen LogP contribution < -0.4 is 0 Å². The second kappa shape index (κ2) is 7.43. The molecule has 0 aliphatic carbocycles. The van der Waals surface area contributed by atoms with Gasteiger partial charge in [0.15, 0.2) is 0 Å². The molecule has 0 spiro atoms. The minimum Gasteiger partial charge on any atom is -0.466 e. The lowest BCUT2D eigenvalue weighted by molar-refractivity contribution is -0.147. The number of carbonyl (C=O) groups excluding carboxylic acids is 2. The summed E-state index contributed by atoms with van der Waals surface area (Å²) in [5.41, 5.74) is 0.266. The number of likely N-dealkylation sites (tertiary alicyclic amines) is 1. The Morgan fingerprint density at radius 1 is 1.25 bits per heavy atom. The van der Waals surface area contributed by atoms with Crippen LogP contribution in [-0.2, 0) is 14.3 Å². The highest BCUT2D eigenvalue weighted by molar-refractivity contribution is 6.31. The Hall–Kier alpha value is -1.75. The van der Waals surface area contributed by atoms with Crippen LogP contribution in [0.5, 0.6) is 0 Å². The van der Waals surface area contributed by atoms with Gasteiger partial charge in [-0.1, -0.05) is 29.8 Å². The fourth-order valence-electron chi connectivity index (χ4n) is 2.86. The molecule has 2 atom stereocenters. The number of carbonyl (C=O) groups is 2. The highest BCUT2D eigenvalue weighted by Crippen LogP contribution is 2.37. The first-order valence-electron chi connectivity index (χ1n) is 8.12. The number of amides is 1. The first kappa shape index (κ1) is 18.6. The Labute approximate surface area is 147 Å². The number of hydrogen-bond donors (Lipinski definition) is 0. The molecule has 1 heterocycles. The molecule has 5 nitrogen and oxygen atoms in total. The minimum absolute atomic E-state index is 0.203. The summed E-state index contributed by atoms with van der Waals surface area (Å²) in [6.45, 7) is 8.16. The standard InChI is InChI=1S/C18H24ClNO4/c1-5-23-16(21)14-11-20(17(22)24-18(2,3)4)10-13(14)12-8-6-7-9-15(12)19/h6-9,13-14H,5,10-11H2,1-4H3.